The van der Waals surface area contributed by atoms with Crippen LogP contribution in [-0.4, -0.2) is 124 Å². The number of nitrogens with zero attached hydrogens (tertiary/aromatic N) is 6. The van der Waals surface area contributed by atoms with E-state index in [-0.39, 0.29) is 143 Å². The molecule has 5 N–H and O–H groups in total. The van der Waals surface area contributed by atoms with E-state index in [9.17, 15) is 52.2 Å². The summed E-state index contributed by atoms with van der Waals surface area (Å²) in [5.74, 6) is -5.21. The average Bonchev–Trinajstić information content (AvgIpc) is 4.29. The van der Waals surface area contributed by atoms with Gasteiger partial charge in [-0.25, -0.2) is 13.6 Å². The van der Waals surface area contributed by atoms with E-state index in [0.29, 0.717) is 21.8 Å². The van der Waals surface area contributed by atoms with E-state index in [2.05, 4.69) is 20.8 Å². The van der Waals surface area contributed by atoms with Gasteiger partial charge in [0.2, 0.25) is 23.6 Å². The van der Waals surface area contributed by atoms with Crippen molar-refractivity contribution in [3.63, 3.8) is 0 Å². The zero-order valence-corrected chi connectivity index (χ0v) is 41.2. The van der Waals surface area contributed by atoms with Gasteiger partial charge in [-0.15, -0.1) is 0 Å². The molecule has 24 heteroatoms. The zero-order valence-electron chi connectivity index (χ0n) is 39.7. The molecule has 4 amide bonds. The molecule has 0 bridgehead atoms. The van der Waals surface area contributed by atoms with Crippen molar-refractivity contribution in [2.45, 2.75) is 77.8 Å². The van der Waals surface area contributed by atoms with Gasteiger partial charge in [0.1, 0.15) is 42.7 Å². The Morgan fingerprint density at radius 3 is 1.42 bits per heavy atom. The van der Waals surface area contributed by atoms with Crippen molar-refractivity contribution >= 4 is 92.0 Å². The number of aliphatic hydroxyl groups excluding tert-OH is 1. The van der Waals surface area contributed by atoms with Crippen LogP contribution in [-0.2, 0) is 45.4 Å². The first kappa shape index (κ1) is 57.0. The summed E-state index contributed by atoms with van der Waals surface area (Å²) in [5.41, 5.74) is 1.77. The van der Waals surface area contributed by atoms with E-state index < -0.39 is 41.8 Å². The minimum absolute atomic E-state index is 0. The third kappa shape index (κ3) is 13.8. The molecule has 0 unspecified atom stereocenters. The van der Waals surface area contributed by atoms with Crippen LogP contribution in [0, 0.1) is 11.6 Å². The maximum atomic E-state index is 14.1. The third-order valence-corrected chi connectivity index (χ3v) is 12.3. The average molecular weight is 1040 g/mol. The van der Waals surface area contributed by atoms with Gasteiger partial charge < -0.3 is 36.1 Å². The second-order valence-corrected chi connectivity index (χ2v) is 17.8. The number of aromatic nitrogens is 4. The molecule has 2 aliphatic carbocycles. The molecule has 0 spiro atoms. The number of amides is 4. The number of carboxylic acids is 1. The number of hydrogen-bond donors (Lipinski definition) is 4. The van der Waals surface area contributed by atoms with Crippen LogP contribution >= 0.6 is 23.2 Å². The van der Waals surface area contributed by atoms with Crippen LogP contribution < -0.4 is 29.5 Å². The Kier molecular flexibility index (Phi) is 19.3. The van der Waals surface area contributed by atoms with Crippen LogP contribution in [0.3, 0.4) is 0 Å². The fourth-order valence-corrected chi connectivity index (χ4v) is 8.14. The van der Waals surface area contributed by atoms with Crippen molar-refractivity contribution in [3.05, 3.63) is 128 Å². The summed E-state index contributed by atoms with van der Waals surface area (Å²) in [6.45, 7) is 0.951. The van der Waals surface area contributed by atoms with Crippen LogP contribution in [0.2, 0.25) is 10.0 Å². The number of fused-ring (bicyclic) bond motifs is 2. The van der Waals surface area contributed by atoms with E-state index in [1.54, 1.807) is 18.2 Å². The number of hydrogen-bond acceptors (Lipinski definition) is 12. The van der Waals surface area contributed by atoms with Gasteiger partial charge in [0.25, 0.3) is 0 Å². The summed E-state index contributed by atoms with van der Waals surface area (Å²) >= 11 is 11.5. The van der Waals surface area contributed by atoms with Crippen LogP contribution in [0.1, 0.15) is 92.4 Å². The van der Waals surface area contributed by atoms with Crippen LogP contribution in [0.5, 0.6) is 0 Å². The zero-order chi connectivity index (χ0) is 51.3. The molecular formula is C49H47Cl2F2LiN8O11. The molecule has 4 aromatic carbocycles. The monoisotopic (exact) mass is 1040 g/mol. The van der Waals surface area contributed by atoms with Crippen molar-refractivity contribution in [2.75, 3.05) is 19.7 Å². The first-order valence-electron chi connectivity index (χ1n) is 22.2. The van der Waals surface area contributed by atoms with Gasteiger partial charge in [-0.3, -0.25) is 42.9 Å². The summed E-state index contributed by atoms with van der Waals surface area (Å²) in [4.78, 5) is 102. The predicted octanol–water partition coefficient (Wildman–Crippen LogP) is 2.38. The molecule has 0 atom stereocenters. The normalized spacial score (nSPS) is 12.6. The Hall–Kier alpha value is -6.86. The van der Waals surface area contributed by atoms with Gasteiger partial charge in [-0.2, -0.15) is 10.2 Å². The number of carbonyl (C=O) groups excluding carboxylic acids is 7. The second-order valence-electron chi connectivity index (χ2n) is 17.0. The molecule has 6 aromatic rings. The molecule has 378 valence electrons. The van der Waals surface area contributed by atoms with E-state index >= 15 is 0 Å². The van der Waals surface area contributed by atoms with Crippen LogP contribution in [0.25, 0.3) is 21.8 Å². The quantitative estimate of drug-likeness (QED) is 0.0671. The number of aliphatic hydroxyl groups is 1. The molecular weight excluding hydrogens is 992 g/mol. The standard InChI is InChI=1S/C25H24ClFN4O5.C24H22ClFN4O5.Li.H2O/c1-14(33)25-18-9-15(21(34)13-32)5-8-20(18)31(29-25)12-23(36)30(17-6-7-17)11-22(35)28-10-16-3-2-4-19(26)24(16)27;1-13(31)23-17-9-14(24(34)35)5-8-19(17)30(28-23)12-21(33)29(16-6-7-16)11-20(32)27-10-15-3-2-4-18(25)22(15)26;;/h2-5,8-9,17,32H,6-7,10-13H2,1H3,(H,28,35);2-5,8-9,16H,6-7,10-12H2,1H3,(H,27,32)(H,34,35);;1H2/q;;+1;/p-1. The number of carbonyl (C=O) groups is 8. The summed E-state index contributed by atoms with van der Waals surface area (Å²) < 4.78 is 30.9. The van der Waals surface area contributed by atoms with Crippen molar-refractivity contribution in [3.8, 4) is 0 Å². The van der Waals surface area contributed by atoms with Gasteiger partial charge in [0, 0.05) is 66.5 Å². The fraction of sp³-hybridized carbons (Fsp3) is 0.306. The molecule has 2 heterocycles. The van der Waals surface area contributed by atoms with Crippen molar-refractivity contribution in [2.24, 2.45) is 0 Å². The number of nitrogens with one attached hydrogen (secondary N) is 2. The molecule has 73 heavy (non-hydrogen) atoms. The largest absolute Gasteiger partial charge is 1.00 e. The molecule has 2 saturated carbocycles. The first-order chi connectivity index (χ1) is 33.8. The Bertz CT molecular complexity index is 3140. The number of rotatable bonds is 19. The van der Waals surface area contributed by atoms with E-state index in [4.69, 9.17) is 28.3 Å². The summed E-state index contributed by atoms with van der Waals surface area (Å²) in [6, 6.07) is 17.6. The molecule has 0 saturated heterocycles. The maximum absolute atomic E-state index is 14.1. The van der Waals surface area contributed by atoms with Crippen LogP contribution in [0.4, 0.5) is 8.78 Å². The third-order valence-electron chi connectivity index (χ3n) is 11.7. The Morgan fingerprint density at radius 2 is 1.05 bits per heavy atom. The minimum atomic E-state index is -1.14. The molecule has 8 rings (SSSR count). The summed E-state index contributed by atoms with van der Waals surface area (Å²) in [6.07, 6.45) is 3.02. The number of aromatic carboxylic acids is 1. The fourth-order valence-electron chi connectivity index (χ4n) is 7.75. The SMILES string of the molecule is CC(=O)c1nn(CC(=O)N(CC(=O)NCc2cccc(Cl)c2F)C2CC2)c2ccc(C(=O)CO)cc12.CC(=O)c1nn(CC(=O)N(CC(=O)NCc2cccc(Cl)c2F)C2CC2)c2ccc(C(=O)O)cc12.[Li+].[OH-]. The smallest absolute Gasteiger partial charge is 0.870 e. The van der Waals surface area contributed by atoms with Gasteiger partial charge in [0.05, 0.1) is 39.7 Å². The van der Waals surface area contributed by atoms with Gasteiger partial charge in [-0.05, 0) is 74.2 Å². The molecule has 2 fully saturated rings. The second kappa shape index (κ2) is 24.7. The topological polar surface area (TPSA) is 273 Å². The summed E-state index contributed by atoms with van der Waals surface area (Å²) in [7, 11) is 0. The molecule has 2 aliphatic rings. The first-order valence-corrected chi connectivity index (χ1v) is 23.0. The Morgan fingerprint density at radius 1 is 0.658 bits per heavy atom. The van der Waals surface area contributed by atoms with Gasteiger partial charge in [-0.1, -0.05) is 47.5 Å². The Labute approximate surface area is 437 Å². The predicted molar refractivity (Wildman–Crippen MR) is 256 cm³/mol. The number of carboxylic acid groups (broad SMARTS) is 1. The van der Waals surface area contributed by atoms with Gasteiger partial charge >= 0.3 is 24.8 Å². The molecule has 0 radical (unpaired) electrons. The molecule has 19 nitrogen and oxygen atoms in total. The van der Waals surface area contributed by atoms with Crippen molar-refractivity contribution in [1.82, 2.24) is 40.0 Å². The van der Waals surface area contributed by atoms with E-state index in [0.717, 1.165) is 25.7 Å². The number of benzene rings is 4. The Balaban J connectivity index is 0.000000264. The van der Waals surface area contributed by atoms with E-state index in [1.165, 1.54) is 87.6 Å². The maximum Gasteiger partial charge on any atom is 1.00 e. The number of Topliss-reactive ketones (excluding diaryl/α,β-unsaturated/α-hetero) is 3. The van der Waals surface area contributed by atoms with Crippen LogP contribution in [0.15, 0.2) is 72.8 Å². The molecule has 0 aliphatic heterocycles. The number of halogens is 4. The minimum Gasteiger partial charge on any atom is -0.870 e. The van der Waals surface area contributed by atoms with Crippen molar-refractivity contribution in [1.29, 1.82) is 0 Å². The molecule has 2 aromatic heterocycles. The van der Waals surface area contributed by atoms with Gasteiger partial charge in [0.15, 0.2) is 17.3 Å². The summed E-state index contributed by atoms with van der Waals surface area (Å²) in [5, 5.41) is 32.8. The van der Waals surface area contributed by atoms with E-state index in [1.807, 2.05) is 0 Å². The van der Waals surface area contributed by atoms with Crippen molar-refractivity contribution < 1.29 is 81.7 Å². The number of ketones is 3.